The number of hydrogen-bond donors (Lipinski definition) is 6. The summed E-state index contributed by atoms with van der Waals surface area (Å²) in [6.45, 7) is 10.8. The van der Waals surface area contributed by atoms with E-state index < -0.39 is 24.4 Å². The number of aliphatic hydroxyl groups excluding tert-OH is 6. The van der Waals surface area contributed by atoms with Gasteiger partial charge in [0.2, 0.25) is 11.8 Å². The van der Waals surface area contributed by atoms with E-state index in [1.807, 2.05) is 0 Å². The molecular formula is C86H156N2O14. The van der Waals surface area contributed by atoms with Gasteiger partial charge in [0.05, 0.1) is 85.5 Å². The van der Waals surface area contributed by atoms with Crippen molar-refractivity contribution in [2.45, 2.75) is 473 Å². The molecule has 6 aliphatic rings. The topological polar surface area (TPSA) is 233 Å². The number of piperidine rings is 2. The zero-order valence-corrected chi connectivity index (χ0v) is 65.7. The standard InChI is InChI=1S/C86H156N2O14/c1-5-7-9-29-37-71(91)39-33-43-75(95)79-49-53-83(101-79)81-51-47-77(99-81)73(93)41-31-25-21-17-13-11-15-19-23-27-35-69(63-65(3)89)85(97)87-59-55-67(56-60-87)45-46-68-57-61-88(62-58-68)86(98)70(64-66(4)90)36-28-24-20-16-12-14-18-22-26-32-42-74(94)78-48-52-82(100-78)84-54-50-80(102-84)76(96)44-34-40-72(92)38-30-10-8-6-2/h67-84,91-96H,5-64H2,1-4H3/t69?,70?,71-,72-,73+,74+,75-,76-,77+,78+,79+,80+,81+,82+,83+,84+/m0/s1. The number of unbranched alkanes of at least 4 members (excludes halogenated alkanes) is 24. The minimum atomic E-state index is -0.507. The number of amides is 2. The van der Waals surface area contributed by atoms with Crippen molar-refractivity contribution in [1.82, 2.24) is 9.80 Å². The molecule has 6 N–H and O–H groups in total. The number of carbonyl (C=O) groups excluding carboxylic acids is 4. The summed E-state index contributed by atoms with van der Waals surface area (Å²) >= 11 is 0. The van der Waals surface area contributed by atoms with Gasteiger partial charge < -0.3 is 69.0 Å². The van der Waals surface area contributed by atoms with E-state index in [4.69, 9.17) is 18.9 Å². The summed E-state index contributed by atoms with van der Waals surface area (Å²) in [4.78, 5) is 56.5. The summed E-state index contributed by atoms with van der Waals surface area (Å²) in [7, 11) is 0. The molecule has 0 aromatic rings. The van der Waals surface area contributed by atoms with Crippen molar-refractivity contribution in [3.63, 3.8) is 0 Å². The molecule has 2 unspecified atom stereocenters. The van der Waals surface area contributed by atoms with Crippen molar-refractivity contribution in [3.8, 4) is 0 Å². The molecular weight excluding hydrogens is 1280 g/mol. The van der Waals surface area contributed by atoms with Gasteiger partial charge in [0.15, 0.2) is 0 Å². The van der Waals surface area contributed by atoms with Gasteiger partial charge in [-0.25, -0.2) is 0 Å². The van der Waals surface area contributed by atoms with Crippen LogP contribution >= 0.6 is 0 Å². The number of ketones is 2. The summed E-state index contributed by atoms with van der Waals surface area (Å²) in [6.07, 6.45) is 52.3. The normalized spacial score (nSPS) is 25.4. The average molecular weight is 1440 g/mol. The molecule has 2 amide bonds. The molecule has 0 bridgehead atoms. The summed E-state index contributed by atoms with van der Waals surface area (Å²) in [6, 6.07) is 0. The van der Waals surface area contributed by atoms with Crippen LogP contribution in [0.25, 0.3) is 0 Å². The van der Waals surface area contributed by atoms with Crippen LogP contribution in [-0.2, 0) is 38.1 Å². The van der Waals surface area contributed by atoms with Gasteiger partial charge in [0, 0.05) is 50.9 Å². The van der Waals surface area contributed by atoms with Gasteiger partial charge in [-0.15, -0.1) is 0 Å². The zero-order valence-electron chi connectivity index (χ0n) is 65.7. The van der Waals surface area contributed by atoms with E-state index in [0.29, 0.717) is 37.5 Å². The van der Waals surface area contributed by atoms with Crippen LogP contribution in [0.3, 0.4) is 0 Å². The minimum Gasteiger partial charge on any atom is -0.393 e. The van der Waals surface area contributed by atoms with E-state index in [1.54, 1.807) is 13.8 Å². The van der Waals surface area contributed by atoms with Crippen LogP contribution in [0.2, 0.25) is 0 Å². The molecule has 6 rings (SSSR count). The summed E-state index contributed by atoms with van der Waals surface area (Å²) in [5.41, 5.74) is 0. The number of ether oxygens (including phenoxy) is 4. The second kappa shape index (κ2) is 52.9. The maximum atomic E-state index is 13.9. The Morgan fingerprint density at radius 3 is 0.814 bits per heavy atom. The van der Waals surface area contributed by atoms with Gasteiger partial charge >= 0.3 is 0 Å². The summed E-state index contributed by atoms with van der Waals surface area (Å²) in [5, 5.41) is 64.3. The van der Waals surface area contributed by atoms with Crippen LogP contribution in [-0.4, -0.2) is 175 Å². The molecule has 0 aliphatic carbocycles. The van der Waals surface area contributed by atoms with Crippen molar-refractivity contribution < 1.29 is 68.8 Å². The van der Waals surface area contributed by atoms with Crippen LogP contribution < -0.4 is 0 Å². The Labute approximate surface area is 621 Å². The second-order valence-electron chi connectivity index (χ2n) is 33.8. The molecule has 6 saturated heterocycles. The highest BCUT2D eigenvalue weighted by atomic mass is 16.6. The third kappa shape index (κ3) is 35.5. The SMILES string of the molecule is CCCCCC[C@H](O)CCC[C@H](O)[C@H]1CC[C@H]([C@H]2CC[C@H]([C@H](O)CCCCCCCCCCCCC(CC(C)=O)C(=O)N3CCC(CCC4CCN(C(=O)C(CCCCCCCCCCCC[C@@H](O)[C@H]5CC[C@H]([C@H]6CC[C@H]([C@@H](O)CCC[C@@H](O)CCCCCC)O6)O5)CC(C)=O)CC4)CC3)O2)O1. The van der Waals surface area contributed by atoms with Crippen LogP contribution in [0.4, 0.5) is 0 Å². The van der Waals surface area contributed by atoms with Crippen LogP contribution in [0, 0.1) is 23.7 Å². The maximum Gasteiger partial charge on any atom is 0.226 e. The van der Waals surface area contributed by atoms with E-state index in [1.165, 1.54) is 103 Å². The van der Waals surface area contributed by atoms with E-state index in [-0.39, 0.29) is 96.3 Å². The van der Waals surface area contributed by atoms with Crippen LogP contribution in [0.5, 0.6) is 0 Å². The van der Waals surface area contributed by atoms with Crippen molar-refractivity contribution >= 4 is 23.4 Å². The lowest BCUT2D eigenvalue weighted by Crippen LogP contribution is -2.43. The summed E-state index contributed by atoms with van der Waals surface area (Å²) < 4.78 is 25.4. The third-order valence-corrected chi connectivity index (χ3v) is 25.0. The number of aliphatic hydroxyl groups is 6. The number of nitrogens with zero attached hydrogens (tertiary/aromatic N) is 2. The average Bonchev–Trinajstić information content (AvgIpc) is 1.69. The molecule has 0 aromatic heterocycles. The van der Waals surface area contributed by atoms with Crippen molar-refractivity contribution in [2.75, 3.05) is 26.2 Å². The summed E-state index contributed by atoms with van der Waals surface area (Å²) in [5.74, 6) is 1.35. The minimum absolute atomic E-state index is 0.0107. The molecule has 0 aromatic carbocycles. The van der Waals surface area contributed by atoms with Crippen LogP contribution in [0.1, 0.15) is 387 Å². The van der Waals surface area contributed by atoms with Gasteiger partial charge in [0.25, 0.3) is 0 Å². The van der Waals surface area contributed by atoms with Crippen molar-refractivity contribution in [2.24, 2.45) is 23.7 Å². The Balaban J connectivity index is 0.704. The fourth-order valence-corrected chi connectivity index (χ4v) is 18.3. The molecule has 6 heterocycles. The highest BCUT2D eigenvalue weighted by Crippen LogP contribution is 2.38. The smallest absolute Gasteiger partial charge is 0.226 e. The first-order valence-electron chi connectivity index (χ1n) is 43.8. The second-order valence-corrected chi connectivity index (χ2v) is 33.8. The lowest BCUT2D eigenvalue weighted by molar-refractivity contribution is -0.140. The maximum absolute atomic E-state index is 13.9. The lowest BCUT2D eigenvalue weighted by Gasteiger charge is -2.36. The van der Waals surface area contributed by atoms with Gasteiger partial charge in [-0.3, -0.25) is 9.59 Å². The molecule has 6 aliphatic heterocycles. The number of hydrogen-bond acceptors (Lipinski definition) is 14. The highest BCUT2D eigenvalue weighted by Gasteiger charge is 2.43. The predicted molar refractivity (Wildman–Crippen MR) is 409 cm³/mol. The van der Waals surface area contributed by atoms with E-state index >= 15 is 0 Å². The molecule has 16 atom stereocenters. The third-order valence-electron chi connectivity index (χ3n) is 25.0. The van der Waals surface area contributed by atoms with Gasteiger partial charge in [-0.05, 0) is 180 Å². The Hall–Kier alpha value is -2.12. The molecule has 102 heavy (non-hydrogen) atoms. The Kier molecular flexibility index (Phi) is 46.0. The Morgan fingerprint density at radius 1 is 0.304 bits per heavy atom. The fraction of sp³-hybridized carbons (Fsp3) is 0.953. The number of likely N-dealkylation sites (tertiary alicyclic amines) is 2. The van der Waals surface area contributed by atoms with Gasteiger partial charge in [0.1, 0.15) is 11.6 Å². The molecule has 0 saturated carbocycles. The predicted octanol–water partition coefficient (Wildman–Crippen LogP) is 17.4. The van der Waals surface area contributed by atoms with Crippen molar-refractivity contribution in [3.05, 3.63) is 0 Å². The molecule has 6 fully saturated rings. The molecule has 0 radical (unpaired) electrons. The number of carbonyl (C=O) groups is 4. The number of Topliss-reactive ketones (excluding diaryl/α,β-unsaturated/α-hetero) is 2. The fourth-order valence-electron chi connectivity index (χ4n) is 18.3. The largest absolute Gasteiger partial charge is 0.393 e. The first-order chi connectivity index (χ1) is 49.5. The quantitative estimate of drug-likeness (QED) is 0.0311. The van der Waals surface area contributed by atoms with Crippen molar-refractivity contribution in [1.29, 1.82) is 0 Å². The number of rotatable bonds is 59. The van der Waals surface area contributed by atoms with E-state index in [9.17, 15) is 49.8 Å². The van der Waals surface area contributed by atoms with Crippen LogP contribution in [0.15, 0.2) is 0 Å². The zero-order chi connectivity index (χ0) is 73.1. The van der Waals surface area contributed by atoms with E-state index in [0.717, 1.165) is 257 Å². The highest BCUT2D eigenvalue weighted by molar-refractivity contribution is 5.86. The van der Waals surface area contributed by atoms with Gasteiger partial charge in [-0.1, -0.05) is 206 Å². The first kappa shape index (κ1) is 88.8. The molecule has 594 valence electrons. The van der Waals surface area contributed by atoms with Gasteiger partial charge in [-0.2, -0.15) is 0 Å². The first-order valence-corrected chi connectivity index (χ1v) is 43.8. The monoisotopic (exact) mass is 1440 g/mol. The van der Waals surface area contributed by atoms with E-state index in [2.05, 4.69) is 23.6 Å². The Bertz CT molecular complexity index is 2030. The molecule has 16 nitrogen and oxygen atoms in total. The lowest BCUT2D eigenvalue weighted by atomic mass is 9.84. The molecule has 16 heteroatoms. The Morgan fingerprint density at radius 2 is 0.539 bits per heavy atom. The molecule has 0 spiro atoms.